The van der Waals surface area contributed by atoms with Crippen LogP contribution in [0.5, 0.6) is 0 Å². The molecule has 1 atom stereocenters. The molecule has 3 nitrogen and oxygen atoms in total. The molecule has 0 unspecified atom stereocenters. The van der Waals surface area contributed by atoms with Gasteiger partial charge in [-0.05, 0) is 6.42 Å². The molecule has 0 saturated carbocycles. The molecule has 0 amide bonds. The predicted octanol–water partition coefficient (Wildman–Crippen LogP) is 2.05. The highest BCUT2D eigenvalue weighted by Crippen LogP contribution is 2.26. The van der Waals surface area contributed by atoms with E-state index in [0.29, 0.717) is 0 Å². The molecule has 74 valence electrons. The molecule has 0 aliphatic rings. The number of nitrogens with zero attached hydrogens (tertiary/aromatic N) is 1. The van der Waals surface area contributed by atoms with Crippen LogP contribution >= 0.6 is 0 Å². The van der Waals surface area contributed by atoms with E-state index >= 15 is 0 Å². The molecule has 0 fully saturated rings. The van der Waals surface area contributed by atoms with Crippen molar-refractivity contribution in [3.05, 3.63) is 18.0 Å². The normalized spacial score (nSPS) is 14.5. The monoisotopic (exact) mass is 195 g/mol. The van der Waals surface area contributed by atoms with Gasteiger partial charge in [-0.15, -0.1) is 0 Å². The van der Waals surface area contributed by atoms with E-state index in [-0.39, 0.29) is 5.76 Å². The third-order valence-corrected chi connectivity index (χ3v) is 1.49. The van der Waals surface area contributed by atoms with Crippen LogP contribution in [-0.2, 0) is 0 Å². The summed E-state index contributed by atoms with van der Waals surface area (Å²) in [5.41, 5.74) is 0. The minimum absolute atomic E-state index is 0.0595. The summed E-state index contributed by atoms with van der Waals surface area (Å²) in [4.78, 5) is 0. The Morgan fingerprint density at radius 2 is 2.23 bits per heavy atom. The zero-order valence-electron chi connectivity index (χ0n) is 6.58. The van der Waals surface area contributed by atoms with Crippen LogP contribution in [0, 0.1) is 0 Å². The second-order valence-electron chi connectivity index (χ2n) is 2.58. The average molecular weight is 195 g/mol. The van der Waals surface area contributed by atoms with Crippen molar-refractivity contribution in [3.63, 3.8) is 0 Å². The minimum atomic E-state index is -4.25. The number of aromatic nitrogens is 1. The number of aliphatic hydroxyl groups excluding tert-OH is 1. The van der Waals surface area contributed by atoms with Crippen LogP contribution in [0.25, 0.3) is 0 Å². The van der Waals surface area contributed by atoms with Gasteiger partial charge in [0.15, 0.2) is 5.76 Å². The summed E-state index contributed by atoms with van der Waals surface area (Å²) >= 11 is 0. The lowest BCUT2D eigenvalue weighted by molar-refractivity contribution is -0.140. The van der Waals surface area contributed by atoms with Gasteiger partial charge in [-0.3, -0.25) is 0 Å². The summed E-state index contributed by atoms with van der Waals surface area (Å²) < 4.78 is 39.6. The van der Waals surface area contributed by atoms with Crippen molar-refractivity contribution >= 4 is 0 Å². The summed E-state index contributed by atoms with van der Waals surface area (Å²) in [7, 11) is 0. The van der Waals surface area contributed by atoms with Crippen molar-refractivity contribution in [2.24, 2.45) is 0 Å². The third-order valence-electron chi connectivity index (χ3n) is 1.49. The second-order valence-corrected chi connectivity index (χ2v) is 2.58. The zero-order valence-corrected chi connectivity index (χ0v) is 6.58. The zero-order chi connectivity index (χ0) is 9.90. The molecule has 1 aromatic rings. The molecule has 6 heteroatoms. The van der Waals surface area contributed by atoms with Gasteiger partial charge in [0.25, 0.3) is 0 Å². The van der Waals surface area contributed by atoms with Crippen LogP contribution < -0.4 is 0 Å². The van der Waals surface area contributed by atoms with Gasteiger partial charge in [0.2, 0.25) is 0 Å². The van der Waals surface area contributed by atoms with Gasteiger partial charge in [-0.2, -0.15) is 13.2 Å². The molecule has 0 aromatic carbocycles. The van der Waals surface area contributed by atoms with Gasteiger partial charge in [-0.1, -0.05) is 5.16 Å². The second kappa shape index (κ2) is 3.78. The fraction of sp³-hybridized carbons (Fsp3) is 0.571. The molecule has 1 aromatic heterocycles. The van der Waals surface area contributed by atoms with Crippen molar-refractivity contribution in [3.8, 4) is 0 Å². The first-order valence-electron chi connectivity index (χ1n) is 3.64. The van der Waals surface area contributed by atoms with Crippen molar-refractivity contribution in [1.29, 1.82) is 0 Å². The molecular formula is C7H8F3NO2. The fourth-order valence-electron chi connectivity index (χ4n) is 0.840. The summed E-state index contributed by atoms with van der Waals surface area (Å²) in [5, 5.41) is 12.4. The van der Waals surface area contributed by atoms with Gasteiger partial charge >= 0.3 is 6.18 Å². The highest BCUT2D eigenvalue weighted by molar-refractivity contribution is 4.97. The fourth-order valence-corrected chi connectivity index (χ4v) is 0.840. The number of halogens is 3. The van der Waals surface area contributed by atoms with Crippen LogP contribution in [0.15, 0.2) is 16.8 Å². The van der Waals surface area contributed by atoms with Crippen LogP contribution in [0.3, 0.4) is 0 Å². The molecule has 0 saturated heterocycles. The number of alkyl halides is 3. The average Bonchev–Trinajstić information content (AvgIpc) is 2.50. The highest BCUT2D eigenvalue weighted by Gasteiger charge is 2.28. The van der Waals surface area contributed by atoms with Crippen molar-refractivity contribution in [1.82, 2.24) is 5.16 Å². The lowest BCUT2D eigenvalue weighted by atomic mass is 10.1. The Morgan fingerprint density at radius 1 is 1.54 bits per heavy atom. The van der Waals surface area contributed by atoms with E-state index in [9.17, 15) is 13.2 Å². The highest BCUT2D eigenvalue weighted by atomic mass is 19.4. The third kappa shape index (κ3) is 3.45. The first-order valence-corrected chi connectivity index (χ1v) is 3.64. The summed E-state index contributed by atoms with van der Waals surface area (Å²) in [5.74, 6) is 0.0595. The van der Waals surface area contributed by atoms with E-state index in [0.717, 1.165) is 0 Å². The predicted molar refractivity (Wildman–Crippen MR) is 36.8 cm³/mol. The molecule has 1 rings (SSSR count). The molecule has 1 N–H and O–H groups in total. The quantitative estimate of drug-likeness (QED) is 0.802. The maximum Gasteiger partial charge on any atom is 0.389 e. The molecule has 13 heavy (non-hydrogen) atoms. The number of hydrogen-bond acceptors (Lipinski definition) is 3. The Kier molecular flexibility index (Phi) is 2.92. The number of hydrogen-bond donors (Lipinski definition) is 1. The van der Waals surface area contributed by atoms with E-state index in [4.69, 9.17) is 5.11 Å². The molecule has 0 aliphatic heterocycles. The smallest absolute Gasteiger partial charge is 0.385 e. The van der Waals surface area contributed by atoms with Gasteiger partial charge < -0.3 is 9.63 Å². The summed E-state index contributed by atoms with van der Waals surface area (Å²) in [6.45, 7) is 0. The van der Waals surface area contributed by atoms with Gasteiger partial charge in [-0.25, -0.2) is 0 Å². The van der Waals surface area contributed by atoms with Crippen LogP contribution in [-0.4, -0.2) is 16.4 Å². The van der Waals surface area contributed by atoms with Gasteiger partial charge in [0.1, 0.15) is 6.10 Å². The summed E-state index contributed by atoms with van der Waals surface area (Å²) in [6.07, 6.45) is -5.65. The molecule has 1 heterocycles. The van der Waals surface area contributed by atoms with Gasteiger partial charge in [0.05, 0.1) is 6.20 Å². The Hall–Kier alpha value is -1.04. The Balaban J connectivity index is 2.39. The van der Waals surface area contributed by atoms with Crippen molar-refractivity contribution < 1.29 is 22.8 Å². The minimum Gasteiger partial charge on any atom is -0.385 e. The SMILES string of the molecule is O[C@H](CCC(F)(F)F)c1ccno1. The van der Waals surface area contributed by atoms with E-state index in [1.807, 2.05) is 0 Å². The van der Waals surface area contributed by atoms with E-state index in [2.05, 4.69) is 9.68 Å². The van der Waals surface area contributed by atoms with Crippen LogP contribution in [0.2, 0.25) is 0 Å². The molecule has 0 spiro atoms. The molecular weight excluding hydrogens is 187 g/mol. The maximum absolute atomic E-state index is 11.7. The first kappa shape index (κ1) is 10.0. The number of aliphatic hydroxyl groups is 1. The first-order chi connectivity index (χ1) is 5.99. The van der Waals surface area contributed by atoms with Gasteiger partial charge in [0, 0.05) is 12.5 Å². The topological polar surface area (TPSA) is 46.3 Å². The van der Waals surface area contributed by atoms with Crippen molar-refractivity contribution in [2.75, 3.05) is 0 Å². The van der Waals surface area contributed by atoms with Crippen LogP contribution in [0.1, 0.15) is 24.7 Å². The Bertz CT molecular complexity index is 245. The standard InChI is InChI=1S/C7H8F3NO2/c8-7(9,10)3-1-5(12)6-2-4-11-13-6/h2,4-5,12H,1,3H2/t5-/m1/s1. The Morgan fingerprint density at radius 3 is 2.69 bits per heavy atom. The molecule has 0 aliphatic carbocycles. The van der Waals surface area contributed by atoms with E-state index in [1.165, 1.54) is 12.3 Å². The maximum atomic E-state index is 11.7. The van der Waals surface area contributed by atoms with E-state index in [1.54, 1.807) is 0 Å². The van der Waals surface area contributed by atoms with Crippen molar-refractivity contribution in [2.45, 2.75) is 25.1 Å². The number of rotatable bonds is 3. The molecule has 0 bridgehead atoms. The summed E-state index contributed by atoms with van der Waals surface area (Å²) in [6, 6.07) is 1.33. The largest absolute Gasteiger partial charge is 0.389 e. The van der Waals surface area contributed by atoms with E-state index < -0.39 is 25.1 Å². The van der Waals surface area contributed by atoms with Crippen LogP contribution in [0.4, 0.5) is 13.2 Å². The molecule has 0 radical (unpaired) electrons. The lowest BCUT2D eigenvalue weighted by Crippen LogP contribution is -2.09. The Labute approximate surface area is 72.1 Å². The lowest BCUT2D eigenvalue weighted by Gasteiger charge is -2.08.